The second-order valence-corrected chi connectivity index (χ2v) is 13.9. The van der Waals surface area contributed by atoms with E-state index in [1.165, 1.54) is 103 Å². The summed E-state index contributed by atoms with van der Waals surface area (Å²) in [6.45, 7) is 30.9. The van der Waals surface area contributed by atoms with Crippen molar-refractivity contribution in [3.63, 3.8) is 0 Å². The fourth-order valence-electron chi connectivity index (χ4n) is 6.20. The van der Waals surface area contributed by atoms with Crippen LogP contribution in [0.25, 0.3) is 0 Å². The maximum Gasteiger partial charge on any atom is 0.0239 e. The molecule has 0 saturated carbocycles. The van der Waals surface area contributed by atoms with Gasteiger partial charge in [0.15, 0.2) is 0 Å². The summed E-state index contributed by atoms with van der Waals surface area (Å²) in [5, 5.41) is 0. The normalized spacial score (nSPS) is 21.4. The lowest BCUT2D eigenvalue weighted by Gasteiger charge is -2.33. The molecule has 40 heavy (non-hydrogen) atoms. The standard InChI is InChI=1S/C12H17N.C9H19N.C8H17N.C7H15N/c1-10(2)13-8-7-11-5-3-4-6-12(11)9-13;1-8(2)10-6-4-9(3)5-7-10;1-8(2)9-6-4-3-5-7-9;1-7(2)8-5-3-4-6-8/h3-6,10H,7-9H2,1-2H3;8-9H,4-7H2,1-3H3;8H,3-7H2,1-2H3;7H,3-6H2,1-2H3. The van der Waals surface area contributed by atoms with Crippen molar-refractivity contribution in [3.8, 4) is 0 Å². The van der Waals surface area contributed by atoms with Crippen molar-refractivity contribution in [2.24, 2.45) is 5.92 Å². The Balaban J connectivity index is 0.000000190. The summed E-state index contributed by atoms with van der Waals surface area (Å²) >= 11 is 0. The molecule has 232 valence electrons. The van der Waals surface area contributed by atoms with Crippen LogP contribution in [-0.2, 0) is 13.0 Å². The third-order valence-electron chi connectivity index (χ3n) is 9.43. The SMILES string of the molecule is CC(C)N1CCCC1.CC(C)N1CCCCC1.CC(C)N1CCc2ccccc2C1.CC1CCN(C(C)C)CC1. The first-order valence-electron chi connectivity index (χ1n) is 17.1. The van der Waals surface area contributed by atoms with Crippen molar-refractivity contribution < 1.29 is 0 Å². The van der Waals surface area contributed by atoms with Gasteiger partial charge in [-0.25, -0.2) is 0 Å². The zero-order valence-electron chi connectivity index (χ0n) is 28.3. The van der Waals surface area contributed by atoms with Crippen molar-refractivity contribution in [2.45, 2.75) is 144 Å². The lowest BCUT2D eigenvalue weighted by molar-refractivity contribution is 0.156. The number of piperidine rings is 2. The quantitative estimate of drug-likeness (QED) is 0.373. The van der Waals surface area contributed by atoms with Gasteiger partial charge in [0.25, 0.3) is 0 Å². The Morgan fingerprint density at radius 2 is 0.900 bits per heavy atom. The molecule has 1 aromatic carbocycles. The van der Waals surface area contributed by atoms with Crippen LogP contribution in [0.3, 0.4) is 0 Å². The molecule has 0 spiro atoms. The summed E-state index contributed by atoms with van der Waals surface area (Å²) < 4.78 is 0. The Labute approximate surface area is 250 Å². The molecule has 4 aliphatic rings. The Morgan fingerprint density at radius 3 is 1.32 bits per heavy atom. The van der Waals surface area contributed by atoms with E-state index in [0.29, 0.717) is 6.04 Å². The number of nitrogens with zero attached hydrogens (tertiary/aromatic N) is 4. The minimum atomic E-state index is 0.674. The van der Waals surface area contributed by atoms with Gasteiger partial charge in [-0.05, 0) is 157 Å². The van der Waals surface area contributed by atoms with E-state index in [0.717, 1.165) is 30.6 Å². The van der Waals surface area contributed by atoms with Gasteiger partial charge in [-0.1, -0.05) is 37.6 Å². The van der Waals surface area contributed by atoms with Gasteiger partial charge in [0.05, 0.1) is 0 Å². The van der Waals surface area contributed by atoms with Gasteiger partial charge < -0.3 is 14.7 Å². The van der Waals surface area contributed by atoms with Crippen molar-refractivity contribution >= 4 is 0 Å². The van der Waals surface area contributed by atoms with Crippen molar-refractivity contribution in [2.75, 3.05) is 45.8 Å². The second kappa shape index (κ2) is 19.3. The van der Waals surface area contributed by atoms with Crippen molar-refractivity contribution in [3.05, 3.63) is 35.4 Å². The summed E-state index contributed by atoms with van der Waals surface area (Å²) in [4.78, 5) is 10.2. The van der Waals surface area contributed by atoms with Crippen LogP contribution in [0.15, 0.2) is 24.3 Å². The van der Waals surface area contributed by atoms with E-state index in [2.05, 4.69) is 106 Å². The third-order valence-corrected chi connectivity index (χ3v) is 9.43. The number of hydrogen-bond acceptors (Lipinski definition) is 4. The summed E-state index contributed by atoms with van der Waals surface area (Å²) in [6, 6.07) is 11.8. The third kappa shape index (κ3) is 13.4. The van der Waals surface area contributed by atoms with Gasteiger partial charge >= 0.3 is 0 Å². The fourth-order valence-corrected chi connectivity index (χ4v) is 6.20. The highest BCUT2D eigenvalue weighted by molar-refractivity contribution is 5.29. The van der Waals surface area contributed by atoms with E-state index >= 15 is 0 Å². The van der Waals surface area contributed by atoms with Gasteiger partial charge in [-0.2, -0.15) is 0 Å². The van der Waals surface area contributed by atoms with E-state index in [9.17, 15) is 0 Å². The Bertz CT molecular complexity index is 754. The predicted molar refractivity (Wildman–Crippen MR) is 177 cm³/mol. The van der Waals surface area contributed by atoms with E-state index in [1.54, 1.807) is 5.56 Å². The van der Waals surface area contributed by atoms with Gasteiger partial charge in [0.2, 0.25) is 0 Å². The van der Waals surface area contributed by atoms with E-state index in [1.807, 2.05) is 0 Å². The predicted octanol–water partition coefficient (Wildman–Crippen LogP) is 7.95. The first kappa shape index (κ1) is 35.3. The van der Waals surface area contributed by atoms with E-state index < -0.39 is 0 Å². The molecule has 0 bridgehead atoms. The average Bonchev–Trinajstić information content (AvgIpc) is 3.50. The van der Waals surface area contributed by atoms with Crippen molar-refractivity contribution in [1.29, 1.82) is 0 Å². The van der Waals surface area contributed by atoms with Gasteiger partial charge in [0.1, 0.15) is 0 Å². The Kier molecular flexibility index (Phi) is 17.0. The summed E-state index contributed by atoms with van der Waals surface area (Å²) in [5.74, 6) is 0.968. The highest BCUT2D eigenvalue weighted by Crippen LogP contribution is 2.20. The molecule has 3 fully saturated rings. The molecule has 4 heteroatoms. The van der Waals surface area contributed by atoms with Crippen LogP contribution in [0.5, 0.6) is 0 Å². The molecular formula is C36H68N4. The largest absolute Gasteiger partial charge is 0.301 e. The maximum atomic E-state index is 2.57. The van der Waals surface area contributed by atoms with Crippen LogP contribution in [-0.4, -0.2) is 89.6 Å². The minimum Gasteiger partial charge on any atom is -0.301 e. The molecule has 4 nitrogen and oxygen atoms in total. The zero-order valence-corrected chi connectivity index (χ0v) is 28.3. The summed E-state index contributed by atoms with van der Waals surface area (Å²) in [5.41, 5.74) is 3.06. The molecule has 0 atom stereocenters. The molecule has 0 aromatic heterocycles. The highest BCUT2D eigenvalue weighted by atomic mass is 15.2. The molecule has 0 N–H and O–H groups in total. The van der Waals surface area contributed by atoms with E-state index in [4.69, 9.17) is 0 Å². The lowest BCUT2D eigenvalue weighted by atomic mass is 9.98. The number of likely N-dealkylation sites (tertiary alicyclic amines) is 3. The molecule has 5 rings (SSSR count). The highest BCUT2D eigenvalue weighted by Gasteiger charge is 2.18. The van der Waals surface area contributed by atoms with Crippen LogP contribution in [0.2, 0.25) is 0 Å². The topological polar surface area (TPSA) is 13.0 Å². The van der Waals surface area contributed by atoms with Crippen LogP contribution >= 0.6 is 0 Å². The minimum absolute atomic E-state index is 0.674. The summed E-state index contributed by atoms with van der Waals surface area (Å²) in [6.07, 6.45) is 11.1. The number of hydrogen-bond donors (Lipinski definition) is 0. The molecule has 3 saturated heterocycles. The first-order chi connectivity index (χ1) is 19.1. The van der Waals surface area contributed by atoms with E-state index in [-0.39, 0.29) is 0 Å². The molecule has 0 amide bonds. The molecule has 4 aliphatic heterocycles. The molecule has 4 heterocycles. The average molecular weight is 557 g/mol. The van der Waals surface area contributed by atoms with Gasteiger partial charge in [-0.3, -0.25) is 4.90 Å². The molecule has 1 aromatic rings. The monoisotopic (exact) mass is 557 g/mol. The Morgan fingerprint density at radius 1 is 0.500 bits per heavy atom. The van der Waals surface area contributed by atoms with Crippen molar-refractivity contribution in [1.82, 2.24) is 19.6 Å². The lowest BCUT2D eigenvalue weighted by Crippen LogP contribution is -2.37. The smallest absolute Gasteiger partial charge is 0.0239 e. The number of fused-ring (bicyclic) bond motifs is 1. The van der Waals surface area contributed by atoms with Crippen LogP contribution < -0.4 is 0 Å². The molecule has 0 unspecified atom stereocenters. The number of benzene rings is 1. The summed E-state index contributed by atoms with van der Waals surface area (Å²) in [7, 11) is 0. The van der Waals surface area contributed by atoms with Crippen LogP contribution in [0.1, 0.15) is 118 Å². The van der Waals surface area contributed by atoms with Gasteiger partial charge in [-0.15, -0.1) is 0 Å². The fraction of sp³-hybridized carbons (Fsp3) is 0.833. The van der Waals surface area contributed by atoms with Gasteiger partial charge in [0, 0.05) is 37.3 Å². The zero-order chi connectivity index (χ0) is 29.5. The second-order valence-electron chi connectivity index (χ2n) is 13.9. The Hall–Kier alpha value is -0.940. The molecule has 0 aliphatic carbocycles. The van der Waals surface area contributed by atoms with Crippen LogP contribution in [0, 0.1) is 5.92 Å². The van der Waals surface area contributed by atoms with Crippen LogP contribution in [0.4, 0.5) is 0 Å². The maximum absolute atomic E-state index is 2.57. The first-order valence-corrected chi connectivity index (χ1v) is 17.1. The molecular weight excluding hydrogens is 488 g/mol. The number of rotatable bonds is 4. The molecule has 0 radical (unpaired) electrons.